The first-order chi connectivity index (χ1) is 14.4. The quantitative estimate of drug-likeness (QED) is 0.474. The first-order valence-electron chi connectivity index (χ1n) is 9.90. The van der Waals surface area contributed by atoms with Crippen molar-refractivity contribution in [3.8, 4) is 11.5 Å². The van der Waals surface area contributed by atoms with Crippen LogP contribution in [0.1, 0.15) is 44.2 Å². The molecule has 1 N–H and O–H groups in total. The lowest BCUT2D eigenvalue weighted by Gasteiger charge is -2.17. The second kappa shape index (κ2) is 11.0. The van der Waals surface area contributed by atoms with E-state index in [9.17, 15) is 9.59 Å². The Balaban J connectivity index is 2.03. The second-order valence-electron chi connectivity index (χ2n) is 6.91. The molecular weight excluding hydrogens is 382 g/mol. The molecule has 0 radical (unpaired) electrons. The summed E-state index contributed by atoms with van der Waals surface area (Å²) in [6.45, 7) is 5.74. The molecule has 0 fully saturated rings. The van der Waals surface area contributed by atoms with E-state index in [1.807, 2.05) is 24.3 Å². The van der Waals surface area contributed by atoms with E-state index in [4.69, 9.17) is 14.2 Å². The van der Waals surface area contributed by atoms with Crippen molar-refractivity contribution in [1.29, 1.82) is 0 Å². The van der Waals surface area contributed by atoms with Crippen LogP contribution in [0.3, 0.4) is 0 Å². The number of methoxy groups -OCH3 is 2. The number of para-hydroxylation sites is 1. The maximum absolute atomic E-state index is 12.5. The molecule has 160 valence electrons. The number of amides is 1. The zero-order valence-electron chi connectivity index (χ0n) is 18.1. The third-order valence-corrected chi connectivity index (χ3v) is 4.86. The van der Waals surface area contributed by atoms with E-state index in [-0.39, 0.29) is 5.91 Å². The number of benzene rings is 2. The van der Waals surface area contributed by atoms with E-state index < -0.39 is 12.1 Å². The lowest BCUT2D eigenvalue weighted by Crippen LogP contribution is -2.29. The summed E-state index contributed by atoms with van der Waals surface area (Å²) in [5, 5.41) is 2.86. The fourth-order valence-electron chi connectivity index (χ4n) is 2.89. The minimum Gasteiger partial charge on any atom is -0.497 e. The summed E-state index contributed by atoms with van der Waals surface area (Å²) in [5.74, 6) is 0.521. The predicted octanol–water partition coefficient (Wildman–Crippen LogP) is 4.80. The van der Waals surface area contributed by atoms with Gasteiger partial charge in [0.25, 0.3) is 5.91 Å². The van der Waals surface area contributed by atoms with Gasteiger partial charge in [-0.1, -0.05) is 32.0 Å². The molecule has 0 aliphatic carbocycles. The molecule has 0 aromatic heterocycles. The van der Waals surface area contributed by atoms with Gasteiger partial charge in [-0.3, -0.25) is 4.79 Å². The summed E-state index contributed by atoms with van der Waals surface area (Å²) in [4.78, 5) is 24.7. The molecule has 2 unspecified atom stereocenters. The number of rotatable bonds is 9. The van der Waals surface area contributed by atoms with Gasteiger partial charge >= 0.3 is 5.97 Å². The first-order valence-corrected chi connectivity index (χ1v) is 9.90. The van der Waals surface area contributed by atoms with Gasteiger partial charge in [0.05, 0.1) is 14.2 Å². The van der Waals surface area contributed by atoms with Crippen molar-refractivity contribution >= 4 is 23.6 Å². The third-order valence-electron chi connectivity index (χ3n) is 4.86. The molecule has 0 heterocycles. The number of hydrogen-bond acceptors (Lipinski definition) is 5. The minimum absolute atomic E-state index is 0.306. The van der Waals surface area contributed by atoms with E-state index >= 15 is 0 Å². The van der Waals surface area contributed by atoms with Crippen molar-refractivity contribution in [1.82, 2.24) is 0 Å². The van der Waals surface area contributed by atoms with Gasteiger partial charge < -0.3 is 19.5 Å². The fourth-order valence-corrected chi connectivity index (χ4v) is 2.89. The van der Waals surface area contributed by atoms with Gasteiger partial charge in [-0.2, -0.15) is 0 Å². The highest BCUT2D eigenvalue weighted by atomic mass is 16.5. The van der Waals surface area contributed by atoms with E-state index in [1.165, 1.54) is 6.08 Å². The minimum atomic E-state index is -0.945. The van der Waals surface area contributed by atoms with Crippen molar-refractivity contribution in [2.24, 2.45) is 0 Å². The van der Waals surface area contributed by atoms with Gasteiger partial charge in [0.15, 0.2) is 6.10 Å². The number of carbonyl (C=O) groups is 2. The molecular formula is C24H29NO5. The van der Waals surface area contributed by atoms with Gasteiger partial charge in [0.2, 0.25) is 0 Å². The molecule has 2 aromatic rings. The lowest BCUT2D eigenvalue weighted by molar-refractivity contribution is -0.148. The Kier molecular flexibility index (Phi) is 8.47. The van der Waals surface area contributed by atoms with Gasteiger partial charge in [0.1, 0.15) is 11.5 Å². The SMILES string of the molecule is CCC(C)c1ccccc1NC(=O)C(C)OC(=O)/C=C/c1cc(OC)ccc1OC. The molecule has 0 saturated carbocycles. The van der Waals surface area contributed by atoms with Gasteiger partial charge in [-0.15, -0.1) is 0 Å². The Labute approximate surface area is 177 Å². The normalized spacial score (nSPS) is 12.8. The molecule has 0 spiro atoms. The van der Waals surface area contributed by atoms with Gasteiger partial charge in [-0.25, -0.2) is 4.79 Å². The molecule has 0 bridgehead atoms. The average molecular weight is 411 g/mol. The maximum atomic E-state index is 12.5. The highest BCUT2D eigenvalue weighted by Crippen LogP contribution is 2.27. The average Bonchev–Trinajstić information content (AvgIpc) is 2.77. The summed E-state index contributed by atoms with van der Waals surface area (Å²) in [6, 6.07) is 12.9. The number of hydrogen-bond donors (Lipinski definition) is 1. The van der Waals surface area contributed by atoms with Gasteiger partial charge in [-0.05, 0) is 55.2 Å². The number of nitrogens with one attached hydrogen (secondary N) is 1. The smallest absolute Gasteiger partial charge is 0.331 e. The van der Waals surface area contributed by atoms with Crippen LogP contribution in [-0.4, -0.2) is 32.2 Å². The molecule has 6 nitrogen and oxygen atoms in total. The number of anilines is 1. The molecule has 0 aliphatic rings. The van der Waals surface area contributed by atoms with Crippen LogP contribution in [0.15, 0.2) is 48.5 Å². The predicted molar refractivity (Wildman–Crippen MR) is 118 cm³/mol. The zero-order valence-corrected chi connectivity index (χ0v) is 18.1. The molecule has 2 aromatic carbocycles. The van der Waals surface area contributed by atoms with Crippen LogP contribution >= 0.6 is 0 Å². The van der Waals surface area contributed by atoms with Crippen molar-refractivity contribution in [2.45, 2.75) is 39.2 Å². The van der Waals surface area contributed by atoms with Crippen LogP contribution in [0.2, 0.25) is 0 Å². The van der Waals surface area contributed by atoms with E-state index in [1.54, 1.807) is 45.4 Å². The molecule has 0 saturated heterocycles. The lowest BCUT2D eigenvalue weighted by atomic mass is 9.97. The summed E-state index contributed by atoms with van der Waals surface area (Å²) >= 11 is 0. The maximum Gasteiger partial charge on any atom is 0.331 e. The van der Waals surface area contributed by atoms with Crippen LogP contribution in [-0.2, 0) is 14.3 Å². The number of ether oxygens (including phenoxy) is 3. The molecule has 6 heteroatoms. The molecule has 30 heavy (non-hydrogen) atoms. The monoisotopic (exact) mass is 411 g/mol. The van der Waals surface area contributed by atoms with Crippen molar-refractivity contribution in [2.75, 3.05) is 19.5 Å². The Bertz CT molecular complexity index is 906. The van der Waals surface area contributed by atoms with Crippen LogP contribution in [0, 0.1) is 0 Å². The van der Waals surface area contributed by atoms with Crippen LogP contribution in [0.4, 0.5) is 5.69 Å². The molecule has 1 amide bonds. The molecule has 2 atom stereocenters. The Hall–Kier alpha value is -3.28. The molecule has 2 rings (SSSR count). The zero-order chi connectivity index (χ0) is 22.1. The highest BCUT2D eigenvalue weighted by molar-refractivity contribution is 5.97. The van der Waals surface area contributed by atoms with E-state index in [2.05, 4.69) is 19.2 Å². The summed E-state index contributed by atoms with van der Waals surface area (Å²) in [5.41, 5.74) is 2.45. The second-order valence-corrected chi connectivity index (χ2v) is 6.91. The summed E-state index contributed by atoms with van der Waals surface area (Å²) < 4.78 is 15.7. The Morgan fingerprint density at radius 1 is 1.07 bits per heavy atom. The van der Waals surface area contributed by atoms with Crippen molar-refractivity contribution in [3.05, 3.63) is 59.7 Å². The van der Waals surface area contributed by atoms with Crippen LogP contribution in [0.25, 0.3) is 6.08 Å². The van der Waals surface area contributed by atoms with Crippen LogP contribution in [0.5, 0.6) is 11.5 Å². The largest absolute Gasteiger partial charge is 0.497 e. The standard InChI is InChI=1S/C24H29NO5/c1-6-16(2)20-9-7-8-10-21(20)25-24(27)17(3)30-23(26)14-11-18-15-19(28-4)12-13-22(18)29-5/h7-17H,6H2,1-5H3,(H,25,27)/b14-11+. The highest BCUT2D eigenvalue weighted by Gasteiger charge is 2.19. The first kappa shape index (κ1) is 23.0. The molecule has 0 aliphatic heterocycles. The number of esters is 1. The topological polar surface area (TPSA) is 73.9 Å². The van der Waals surface area contributed by atoms with E-state index in [0.29, 0.717) is 23.0 Å². The summed E-state index contributed by atoms with van der Waals surface area (Å²) in [7, 11) is 3.10. The Morgan fingerprint density at radius 3 is 2.47 bits per heavy atom. The van der Waals surface area contributed by atoms with E-state index in [0.717, 1.165) is 17.7 Å². The van der Waals surface area contributed by atoms with Crippen LogP contribution < -0.4 is 14.8 Å². The van der Waals surface area contributed by atoms with Crippen molar-refractivity contribution in [3.63, 3.8) is 0 Å². The fraction of sp³-hybridized carbons (Fsp3) is 0.333. The van der Waals surface area contributed by atoms with Gasteiger partial charge in [0, 0.05) is 17.3 Å². The summed E-state index contributed by atoms with van der Waals surface area (Å²) in [6.07, 6.45) is 2.83. The third kappa shape index (κ3) is 6.11. The number of carbonyl (C=O) groups excluding carboxylic acids is 2. The van der Waals surface area contributed by atoms with Crippen molar-refractivity contribution < 1.29 is 23.8 Å². The Morgan fingerprint density at radius 2 is 1.80 bits per heavy atom.